The third-order valence-corrected chi connectivity index (χ3v) is 4.94. The van der Waals surface area contributed by atoms with Crippen molar-refractivity contribution in [2.45, 2.75) is 50.0 Å². The molecule has 1 heterocycles. The number of nitrogens with zero attached hydrogens (tertiary/aromatic N) is 1. The lowest BCUT2D eigenvalue weighted by atomic mass is 9.77. The van der Waals surface area contributed by atoms with E-state index in [1.165, 1.54) is 5.56 Å². The minimum Gasteiger partial charge on any atom is -0.340 e. The highest BCUT2D eigenvalue weighted by atomic mass is 35.5. The van der Waals surface area contributed by atoms with E-state index in [4.69, 9.17) is 5.73 Å². The summed E-state index contributed by atoms with van der Waals surface area (Å²) in [5.74, 6) is 0.316. The van der Waals surface area contributed by atoms with E-state index in [2.05, 4.69) is 12.1 Å². The number of carbonyl (C=O) groups is 1. The Balaban J connectivity index is 0.00000161. The summed E-state index contributed by atoms with van der Waals surface area (Å²) in [7, 11) is 0. The number of piperidine rings is 1. The Morgan fingerprint density at radius 2 is 1.81 bits per heavy atom. The summed E-state index contributed by atoms with van der Waals surface area (Å²) < 4.78 is 0. The fourth-order valence-corrected chi connectivity index (χ4v) is 3.86. The van der Waals surface area contributed by atoms with E-state index in [9.17, 15) is 4.79 Å². The molecule has 1 aromatic rings. The van der Waals surface area contributed by atoms with Gasteiger partial charge in [0, 0.05) is 19.1 Å². The third kappa shape index (κ3) is 3.09. The molecule has 3 nitrogen and oxygen atoms in total. The molecule has 0 radical (unpaired) electrons. The van der Waals surface area contributed by atoms with Crippen LogP contribution in [0.2, 0.25) is 0 Å². The Labute approximate surface area is 133 Å². The molecule has 1 aliphatic carbocycles. The number of nitrogens with two attached hydrogens (primary N) is 1. The molecule has 1 amide bonds. The fourth-order valence-electron chi connectivity index (χ4n) is 3.86. The number of carbonyl (C=O) groups excluding carboxylic acids is 1. The van der Waals surface area contributed by atoms with E-state index in [-0.39, 0.29) is 23.9 Å². The van der Waals surface area contributed by atoms with Crippen LogP contribution >= 0.6 is 12.4 Å². The number of rotatable bonds is 2. The molecule has 1 aliphatic heterocycles. The molecular weight excluding hydrogens is 284 g/mol. The molecule has 1 unspecified atom stereocenters. The molecule has 4 heteroatoms. The molecule has 2 N–H and O–H groups in total. The molecule has 2 fully saturated rings. The molecule has 1 saturated heterocycles. The fraction of sp³-hybridized carbons (Fsp3) is 0.588. The van der Waals surface area contributed by atoms with Crippen molar-refractivity contribution in [1.82, 2.24) is 4.90 Å². The van der Waals surface area contributed by atoms with Gasteiger partial charge in [-0.1, -0.05) is 43.2 Å². The van der Waals surface area contributed by atoms with E-state index < -0.39 is 0 Å². The highest BCUT2D eigenvalue weighted by molar-refractivity contribution is 5.88. The van der Waals surface area contributed by atoms with Gasteiger partial charge in [0.25, 0.3) is 0 Å². The lowest BCUT2D eigenvalue weighted by Gasteiger charge is -2.38. The quantitative estimate of drug-likeness (QED) is 0.913. The Hall–Kier alpha value is -1.06. The minimum atomic E-state index is -0.279. The summed E-state index contributed by atoms with van der Waals surface area (Å²) in [6, 6.07) is 10.5. The van der Waals surface area contributed by atoms with Crippen molar-refractivity contribution in [3.63, 3.8) is 0 Å². The van der Waals surface area contributed by atoms with Crippen LogP contribution < -0.4 is 5.73 Å². The maximum Gasteiger partial charge on any atom is 0.233 e. The standard InChI is InChI=1S/C17H24N2O.ClH/c18-15-9-6-12-19(13-15)16(20)17(10-4-5-11-17)14-7-2-1-3-8-14;/h1-3,7-8,15H,4-6,9-13,18H2;1H. The Bertz CT molecular complexity index is 471. The van der Waals surface area contributed by atoms with Crippen LogP contribution in [0.25, 0.3) is 0 Å². The molecule has 2 aliphatic rings. The topological polar surface area (TPSA) is 46.3 Å². The van der Waals surface area contributed by atoms with Crippen LogP contribution in [0.1, 0.15) is 44.1 Å². The second-order valence-corrected chi connectivity index (χ2v) is 6.31. The number of hydrogen-bond acceptors (Lipinski definition) is 2. The summed E-state index contributed by atoms with van der Waals surface area (Å²) in [4.78, 5) is 15.2. The molecule has 116 valence electrons. The number of amides is 1. The predicted octanol–water partition coefficient (Wildman–Crippen LogP) is 2.87. The van der Waals surface area contributed by atoms with Crippen LogP contribution in [0.5, 0.6) is 0 Å². The lowest BCUT2D eigenvalue weighted by molar-refractivity contribution is -0.138. The van der Waals surface area contributed by atoms with Crippen LogP contribution in [-0.2, 0) is 10.2 Å². The summed E-state index contributed by atoms with van der Waals surface area (Å²) in [5.41, 5.74) is 6.97. The minimum absolute atomic E-state index is 0. The zero-order valence-corrected chi connectivity index (χ0v) is 13.3. The van der Waals surface area contributed by atoms with E-state index >= 15 is 0 Å². The molecule has 0 aromatic heterocycles. The Kier molecular flexibility index (Phi) is 5.28. The van der Waals surface area contributed by atoms with E-state index in [1.807, 2.05) is 23.1 Å². The first-order valence-electron chi connectivity index (χ1n) is 7.83. The van der Waals surface area contributed by atoms with Gasteiger partial charge in [0.05, 0.1) is 5.41 Å². The van der Waals surface area contributed by atoms with Gasteiger partial charge in [-0.05, 0) is 31.2 Å². The van der Waals surface area contributed by atoms with Crippen molar-refractivity contribution in [3.8, 4) is 0 Å². The van der Waals surface area contributed by atoms with Gasteiger partial charge in [0.2, 0.25) is 5.91 Å². The van der Waals surface area contributed by atoms with Crippen LogP contribution in [-0.4, -0.2) is 29.9 Å². The molecule has 1 saturated carbocycles. The summed E-state index contributed by atoms with van der Waals surface area (Å²) >= 11 is 0. The molecule has 1 aromatic carbocycles. The summed E-state index contributed by atoms with van der Waals surface area (Å²) in [5, 5.41) is 0. The monoisotopic (exact) mass is 308 g/mol. The SMILES string of the molecule is Cl.NC1CCCN(C(=O)C2(c3ccccc3)CCCC2)C1. The average Bonchev–Trinajstić information content (AvgIpc) is 2.98. The van der Waals surface area contributed by atoms with E-state index in [0.717, 1.165) is 51.6 Å². The Morgan fingerprint density at radius 3 is 2.43 bits per heavy atom. The van der Waals surface area contributed by atoms with Crippen LogP contribution in [0.3, 0.4) is 0 Å². The normalized spacial score (nSPS) is 24.4. The average molecular weight is 309 g/mol. The van der Waals surface area contributed by atoms with E-state index in [0.29, 0.717) is 5.91 Å². The summed E-state index contributed by atoms with van der Waals surface area (Å²) in [6.45, 7) is 1.61. The van der Waals surface area contributed by atoms with Gasteiger partial charge in [-0.3, -0.25) is 4.79 Å². The highest BCUT2D eigenvalue weighted by Crippen LogP contribution is 2.42. The maximum absolute atomic E-state index is 13.1. The van der Waals surface area contributed by atoms with Gasteiger partial charge in [-0.15, -0.1) is 12.4 Å². The molecule has 1 atom stereocenters. The van der Waals surface area contributed by atoms with Gasteiger partial charge in [0.1, 0.15) is 0 Å². The second kappa shape index (κ2) is 6.80. The first kappa shape index (κ1) is 16.3. The maximum atomic E-state index is 13.1. The molecule has 0 bridgehead atoms. The first-order valence-corrected chi connectivity index (χ1v) is 7.83. The molecule has 0 spiro atoms. The van der Waals surface area contributed by atoms with Crippen LogP contribution in [0, 0.1) is 0 Å². The lowest BCUT2D eigenvalue weighted by Crippen LogP contribution is -2.52. The van der Waals surface area contributed by atoms with Crippen molar-refractivity contribution in [2.75, 3.05) is 13.1 Å². The summed E-state index contributed by atoms with van der Waals surface area (Å²) in [6.07, 6.45) is 6.37. The zero-order chi connectivity index (χ0) is 14.0. The zero-order valence-electron chi connectivity index (χ0n) is 12.5. The first-order chi connectivity index (χ1) is 9.72. The van der Waals surface area contributed by atoms with Crippen molar-refractivity contribution in [2.24, 2.45) is 5.73 Å². The predicted molar refractivity (Wildman–Crippen MR) is 87.6 cm³/mol. The van der Waals surface area contributed by atoms with Crippen LogP contribution in [0.4, 0.5) is 0 Å². The smallest absolute Gasteiger partial charge is 0.233 e. The van der Waals surface area contributed by atoms with E-state index in [1.54, 1.807) is 0 Å². The van der Waals surface area contributed by atoms with Crippen LogP contribution in [0.15, 0.2) is 30.3 Å². The van der Waals surface area contributed by atoms with Crippen molar-refractivity contribution in [3.05, 3.63) is 35.9 Å². The second-order valence-electron chi connectivity index (χ2n) is 6.31. The van der Waals surface area contributed by atoms with Crippen molar-refractivity contribution < 1.29 is 4.79 Å². The van der Waals surface area contributed by atoms with Gasteiger partial charge >= 0.3 is 0 Å². The number of likely N-dealkylation sites (tertiary alicyclic amines) is 1. The van der Waals surface area contributed by atoms with Gasteiger partial charge < -0.3 is 10.6 Å². The largest absolute Gasteiger partial charge is 0.340 e. The third-order valence-electron chi connectivity index (χ3n) is 4.94. The molecular formula is C17H25ClN2O. The van der Waals surface area contributed by atoms with Crippen molar-refractivity contribution in [1.29, 1.82) is 0 Å². The Morgan fingerprint density at radius 1 is 1.14 bits per heavy atom. The molecule has 3 rings (SSSR count). The number of benzene rings is 1. The van der Waals surface area contributed by atoms with Gasteiger partial charge in [-0.25, -0.2) is 0 Å². The number of hydrogen-bond donors (Lipinski definition) is 1. The highest BCUT2D eigenvalue weighted by Gasteiger charge is 2.45. The number of halogens is 1. The van der Waals surface area contributed by atoms with Crippen molar-refractivity contribution >= 4 is 18.3 Å². The van der Waals surface area contributed by atoms with Gasteiger partial charge in [0.15, 0.2) is 0 Å². The van der Waals surface area contributed by atoms with Gasteiger partial charge in [-0.2, -0.15) is 0 Å². The molecule has 21 heavy (non-hydrogen) atoms.